The van der Waals surface area contributed by atoms with Crippen LogP contribution in [0.5, 0.6) is 0 Å². The molecule has 5 rings (SSSR count). The van der Waals surface area contributed by atoms with Gasteiger partial charge in [0.15, 0.2) is 0 Å². The van der Waals surface area contributed by atoms with Gasteiger partial charge >= 0.3 is 0 Å². The molecule has 1 aliphatic rings. The molecule has 1 fully saturated rings. The van der Waals surface area contributed by atoms with Crippen molar-refractivity contribution in [2.75, 3.05) is 10.6 Å². The van der Waals surface area contributed by atoms with Gasteiger partial charge in [-0.25, -0.2) is 18.7 Å². The van der Waals surface area contributed by atoms with Crippen LogP contribution in [0.1, 0.15) is 50.6 Å². The number of aromatic nitrogens is 4. The lowest BCUT2D eigenvalue weighted by Gasteiger charge is -2.28. The van der Waals surface area contributed by atoms with E-state index in [0.29, 0.717) is 22.1 Å². The Balaban J connectivity index is 1.55. The molecular weight excluding hydrogens is 550 g/mol. The van der Waals surface area contributed by atoms with Crippen molar-refractivity contribution in [1.82, 2.24) is 19.9 Å². The lowest BCUT2D eigenvalue weighted by atomic mass is 9.88. The lowest BCUT2D eigenvalue weighted by Crippen LogP contribution is -2.40. The molecule has 0 saturated heterocycles. The molecule has 0 amide bonds. The molecule has 4 aromatic rings. The fourth-order valence-corrected chi connectivity index (χ4v) is 6.45. The second-order valence-electron chi connectivity index (χ2n) is 11.0. The van der Waals surface area contributed by atoms with Crippen molar-refractivity contribution in [3.05, 3.63) is 59.0 Å². The summed E-state index contributed by atoms with van der Waals surface area (Å²) in [6.45, 7) is 6.88. The zero-order valence-electron chi connectivity index (χ0n) is 23.3. The number of rotatable bonds is 9. The van der Waals surface area contributed by atoms with Gasteiger partial charge in [0.1, 0.15) is 34.1 Å². The molecule has 0 unspecified atom stereocenters. The Morgan fingerprint density at radius 3 is 2.46 bits per heavy atom. The Morgan fingerprint density at radius 2 is 1.80 bits per heavy atom. The summed E-state index contributed by atoms with van der Waals surface area (Å²) in [5, 5.41) is 39.0. The first kappa shape index (κ1) is 29.2. The molecule has 3 aromatic heterocycles. The highest BCUT2D eigenvalue weighted by Crippen LogP contribution is 2.40. The van der Waals surface area contributed by atoms with E-state index in [2.05, 4.69) is 32.5 Å². The Labute approximate surface area is 240 Å². The first-order valence-electron chi connectivity index (χ1n) is 13.6. The van der Waals surface area contributed by atoms with Crippen LogP contribution < -0.4 is 10.6 Å². The quantitative estimate of drug-likeness (QED) is 0.191. The first-order chi connectivity index (χ1) is 19.5. The number of hydrogen-bond donors (Lipinski definition) is 5. The number of aliphatic hydroxyl groups is 3. The highest BCUT2D eigenvalue weighted by Gasteiger charge is 2.48. The number of benzene rings is 1. The monoisotopic (exact) mass is 584 g/mol. The molecule has 0 bridgehead atoms. The smallest absolute Gasteiger partial charge is 0.225 e. The van der Waals surface area contributed by atoms with Gasteiger partial charge < -0.3 is 26.0 Å². The number of fused-ring (bicyclic) bond motifs is 1. The van der Waals surface area contributed by atoms with Gasteiger partial charge in [0, 0.05) is 24.2 Å². The fourth-order valence-electron chi connectivity index (χ4n) is 5.37. The summed E-state index contributed by atoms with van der Waals surface area (Å²) in [6, 6.07) is 4.93. The van der Waals surface area contributed by atoms with Crippen molar-refractivity contribution >= 4 is 33.3 Å². The SMILES string of the molecule is CCCc1nccc2sc(-c3c(C)nc(NCc4c(F)cccc4F)nc3N[C@@H]3C[C@H](C(C)(C)O)[C@@H](O)[C@H]3O)nc12. The van der Waals surface area contributed by atoms with Crippen molar-refractivity contribution < 1.29 is 24.1 Å². The molecule has 1 aliphatic carbocycles. The number of thiazole rings is 1. The van der Waals surface area contributed by atoms with E-state index in [1.165, 1.54) is 29.5 Å². The average Bonchev–Trinajstić information content (AvgIpc) is 3.45. The summed E-state index contributed by atoms with van der Waals surface area (Å²) in [5.41, 5.74) is 1.49. The average molecular weight is 585 g/mol. The van der Waals surface area contributed by atoms with E-state index in [9.17, 15) is 24.1 Å². The van der Waals surface area contributed by atoms with Crippen molar-refractivity contribution in [3.8, 4) is 10.6 Å². The van der Waals surface area contributed by atoms with Crippen molar-refractivity contribution in [3.63, 3.8) is 0 Å². The third-order valence-electron chi connectivity index (χ3n) is 7.57. The maximum atomic E-state index is 14.3. The molecule has 1 saturated carbocycles. The van der Waals surface area contributed by atoms with Gasteiger partial charge in [-0.2, -0.15) is 4.98 Å². The summed E-state index contributed by atoms with van der Waals surface area (Å²) in [5.74, 6) is -1.48. The summed E-state index contributed by atoms with van der Waals surface area (Å²) >= 11 is 1.46. The second-order valence-corrected chi connectivity index (χ2v) is 12.0. The van der Waals surface area contributed by atoms with E-state index >= 15 is 0 Å². The van der Waals surface area contributed by atoms with E-state index in [4.69, 9.17) is 4.98 Å². The van der Waals surface area contributed by atoms with E-state index in [-0.39, 0.29) is 24.5 Å². The van der Waals surface area contributed by atoms with Gasteiger partial charge in [0.25, 0.3) is 0 Å². The molecule has 0 radical (unpaired) electrons. The predicted molar refractivity (Wildman–Crippen MR) is 155 cm³/mol. The van der Waals surface area contributed by atoms with Gasteiger partial charge in [-0.3, -0.25) is 4.98 Å². The summed E-state index contributed by atoms with van der Waals surface area (Å²) in [6.07, 6.45) is 1.42. The van der Waals surface area contributed by atoms with Crippen LogP contribution in [0, 0.1) is 24.5 Å². The molecule has 12 heteroatoms. The largest absolute Gasteiger partial charge is 0.390 e. The van der Waals surface area contributed by atoms with E-state index in [1.54, 1.807) is 27.0 Å². The number of nitrogens with one attached hydrogen (secondary N) is 2. The Morgan fingerprint density at radius 1 is 1.07 bits per heavy atom. The van der Waals surface area contributed by atoms with Gasteiger partial charge in [0.05, 0.1) is 39.4 Å². The standard InChI is InChI=1S/C29H34F2N6O3S/c1-5-7-19-23-21(10-11-32-19)41-27(36-23)22-14(2)34-28(33-13-15-17(30)8-6-9-18(15)31)37-26(22)35-20-12-16(29(3,4)40)24(38)25(20)39/h6,8-11,16,20,24-25,38-40H,5,7,12-13H2,1-4H3,(H2,33,34,35,37)/t16-,20+,24+,25-/m0/s1. The minimum absolute atomic E-state index is 0.123. The Bertz CT molecular complexity index is 1540. The third kappa shape index (κ3) is 5.87. The first-order valence-corrected chi connectivity index (χ1v) is 14.4. The number of pyridine rings is 1. The highest BCUT2D eigenvalue weighted by molar-refractivity contribution is 7.21. The zero-order valence-corrected chi connectivity index (χ0v) is 24.1. The number of hydrogen-bond acceptors (Lipinski definition) is 10. The summed E-state index contributed by atoms with van der Waals surface area (Å²) < 4.78 is 29.5. The molecule has 0 aliphatic heterocycles. The number of aliphatic hydroxyl groups excluding tert-OH is 2. The van der Waals surface area contributed by atoms with E-state index in [1.807, 2.05) is 6.07 Å². The highest BCUT2D eigenvalue weighted by atomic mass is 32.1. The molecule has 1 aromatic carbocycles. The Kier molecular flexibility index (Phi) is 8.20. The minimum Gasteiger partial charge on any atom is -0.390 e. The number of anilines is 2. The predicted octanol–water partition coefficient (Wildman–Crippen LogP) is 4.59. The van der Waals surface area contributed by atoms with Crippen molar-refractivity contribution in [2.24, 2.45) is 5.92 Å². The molecule has 5 N–H and O–H groups in total. The molecule has 0 spiro atoms. The molecule has 3 heterocycles. The molecular formula is C29H34F2N6O3S. The third-order valence-corrected chi connectivity index (χ3v) is 8.61. The van der Waals surface area contributed by atoms with Crippen molar-refractivity contribution in [1.29, 1.82) is 0 Å². The van der Waals surface area contributed by atoms with E-state index in [0.717, 1.165) is 28.8 Å². The van der Waals surface area contributed by atoms with Crippen molar-refractivity contribution in [2.45, 2.75) is 77.4 Å². The number of nitrogens with zero attached hydrogens (tertiary/aromatic N) is 4. The van der Waals surface area contributed by atoms with Crippen LogP contribution in [-0.4, -0.2) is 59.1 Å². The van der Waals surface area contributed by atoms with Crippen LogP contribution in [0.2, 0.25) is 0 Å². The van der Waals surface area contributed by atoms with E-state index < -0.39 is 41.4 Å². The van der Waals surface area contributed by atoms with Crippen LogP contribution in [0.25, 0.3) is 20.8 Å². The van der Waals surface area contributed by atoms with Crippen LogP contribution in [-0.2, 0) is 13.0 Å². The van der Waals surface area contributed by atoms with Gasteiger partial charge in [-0.1, -0.05) is 19.4 Å². The Hall–Kier alpha value is -3.32. The van der Waals surface area contributed by atoms with Crippen LogP contribution in [0.3, 0.4) is 0 Å². The maximum absolute atomic E-state index is 14.3. The van der Waals surface area contributed by atoms with Crippen LogP contribution >= 0.6 is 11.3 Å². The second kappa shape index (κ2) is 11.5. The number of halogens is 2. The molecule has 218 valence electrons. The maximum Gasteiger partial charge on any atom is 0.225 e. The summed E-state index contributed by atoms with van der Waals surface area (Å²) in [4.78, 5) is 18.6. The van der Waals surface area contributed by atoms with Gasteiger partial charge in [-0.05, 0) is 51.8 Å². The van der Waals surface area contributed by atoms with Crippen LogP contribution in [0.4, 0.5) is 20.5 Å². The normalized spacial score (nSPS) is 21.0. The minimum atomic E-state index is -1.21. The lowest BCUT2D eigenvalue weighted by molar-refractivity contribution is -0.0601. The molecule has 41 heavy (non-hydrogen) atoms. The molecule has 9 nitrogen and oxygen atoms in total. The fraction of sp³-hybridized carbons (Fsp3) is 0.448. The number of aryl methyl sites for hydroxylation is 2. The summed E-state index contributed by atoms with van der Waals surface area (Å²) in [7, 11) is 0. The molecule has 4 atom stereocenters. The van der Waals surface area contributed by atoms with Gasteiger partial charge in [-0.15, -0.1) is 11.3 Å². The topological polar surface area (TPSA) is 136 Å². The van der Waals surface area contributed by atoms with Crippen LogP contribution in [0.15, 0.2) is 30.5 Å². The zero-order chi connectivity index (χ0) is 29.5. The van der Waals surface area contributed by atoms with Gasteiger partial charge in [0.2, 0.25) is 5.95 Å².